The second-order valence-electron chi connectivity index (χ2n) is 6.25. The predicted octanol–water partition coefficient (Wildman–Crippen LogP) is 1.66. The third-order valence-electron chi connectivity index (χ3n) is 3.17. The fourth-order valence-electron chi connectivity index (χ4n) is 1.99. The van der Waals surface area contributed by atoms with E-state index in [0.29, 0.717) is 6.54 Å². The first kappa shape index (κ1) is 15.4. The summed E-state index contributed by atoms with van der Waals surface area (Å²) < 4.78 is 0. The summed E-state index contributed by atoms with van der Waals surface area (Å²) in [4.78, 5) is 22.7. The molecule has 2 atom stereocenters. The second kappa shape index (κ2) is 5.17. The molecule has 5 nitrogen and oxygen atoms in total. The predicted molar refractivity (Wildman–Crippen MR) is 71.8 cm³/mol. The molecular formula is C14H21NO4. The van der Waals surface area contributed by atoms with Crippen LogP contribution in [0.5, 0.6) is 0 Å². The third-order valence-corrected chi connectivity index (χ3v) is 3.17. The summed E-state index contributed by atoms with van der Waals surface area (Å²) in [6.45, 7) is 8.06. The molecule has 0 saturated carbocycles. The van der Waals surface area contributed by atoms with Crippen molar-refractivity contribution in [3.8, 4) is 0 Å². The molecule has 0 bridgehead atoms. The van der Waals surface area contributed by atoms with Crippen molar-refractivity contribution in [2.75, 3.05) is 6.54 Å². The van der Waals surface area contributed by atoms with E-state index in [1.54, 1.807) is 0 Å². The van der Waals surface area contributed by atoms with Gasteiger partial charge in [0.05, 0.1) is 11.6 Å². The van der Waals surface area contributed by atoms with E-state index in [-0.39, 0.29) is 11.0 Å². The Hall–Kier alpha value is -1.62. The highest BCUT2D eigenvalue weighted by Crippen LogP contribution is 2.33. The van der Waals surface area contributed by atoms with E-state index in [1.165, 1.54) is 25.2 Å². The summed E-state index contributed by atoms with van der Waals surface area (Å²) in [5, 5.41) is 21.7. The van der Waals surface area contributed by atoms with Crippen LogP contribution < -0.4 is 5.32 Å². The van der Waals surface area contributed by atoms with Crippen LogP contribution in [0.15, 0.2) is 23.8 Å². The lowest BCUT2D eigenvalue weighted by molar-refractivity contribution is -0.146. The van der Waals surface area contributed by atoms with Gasteiger partial charge < -0.3 is 15.5 Å². The van der Waals surface area contributed by atoms with Gasteiger partial charge >= 0.3 is 11.9 Å². The zero-order chi connectivity index (χ0) is 14.8. The van der Waals surface area contributed by atoms with Crippen LogP contribution in [-0.4, -0.2) is 34.7 Å². The average Bonchev–Trinajstić information content (AvgIpc) is 2.25. The van der Waals surface area contributed by atoms with Crippen LogP contribution in [0.25, 0.3) is 0 Å². The molecule has 0 aromatic heterocycles. The largest absolute Gasteiger partial charge is 0.481 e. The van der Waals surface area contributed by atoms with Crippen molar-refractivity contribution in [3.63, 3.8) is 0 Å². The number of carboxylic acids is 2. The molecule has 0 radical (unpaired) electrons. The Bertz CT molecular complexity index is 445. The van der Waals surface area contributed by atoms with Gasteiger partial charge in [-0.05, 0) is 12.3 Å². The Morgan fingerprint density at radius 2 is 1.95 bits per heavy atom. The van der Waals surface area contributed by atoms with E-state index in [4.69, 9.17) is 0 Å². The monoisotopic (exact) mass is 267 g/mol. The molecule has 1 rings (SSSR count). The molecule has 0 aliphatic heterocycles. The molecule has 0 fully saturated rings. The SMILES string of the molecule is CC(C)(C)CNC1C(C(=O)O)=CC=CC1(C)C(=O)O. The Balaban J connectivity index is 3.08. The van der Waals surface area contributed by atoms with Crippen LogP contribution in [0.2, 0.25) is 0 Å². The minimum Gasteiger partial charge on any atom is -0.481 e. The first-order valence-corrected chi connectivity index (χ1v) is 6.17. The lowest BCUT2D eigenvalue weighted by Gasteiger charge is -2.36. The molecule has 1 aliphatic carbocycles. The maximum Gasteiger partial charge on any atom is 0.333 e. The molecule has 0 heterocycles. The van der Waals surface area contributed by atoms with Gasteiger partial charge in [0.2, 0.25) is 0 Å². The number of carbonyl (C=O) groups is 2. The highest BCUT2D eigenvalue weighted by Gasteiger charge is 2.44. The molecule has 0 aromatic rings. The Kier molecular flexibility index (Phi) is 4.20. The molecule has 19 heavy (non-hydrogen) atoms. The lowest BCUT2D eigenvalue weighted by atomic mass is 9.75. The minimum atomic E-state index is -1.26. The van der Waals surface area contributed by atoms with Gasteiger partial charge in [0.1, 0.15) is 5.41 Å². The zero-order valence-corrected chi connectivity index (χ0v) is 11.7. The fraction of sp³-hybridized carbons (Fsp3) is 0.571. The molecular weight excluding hydrogens is 246 g/mol. The molecule has 1 aliphatic rings. The molecule has 0 amide bonds. The van der Waals surface area contributed by atoms with Crippen molar-refractivity contribution in [2.45, 2.75) is 33.7 Å². The first-order chi connectivity index (χ1) is 8.58. The maximum absolute atomic E-state index is 11.5. The van der Waals surface area contributed by atoms with Crippen molar-refractivity contribution >= 4 is 11.9 Å². The summed E-state index contributed by atoms with van der Waals surface area (Å²) >= 11 is 0. The van der Waals surface area contributed by atoms with E-state index in [0.717, 1.165) is 0 Å². The van der Waals surface area contributed by atoms with Crippen LogP contribution >= 0.6 is 0 Å². The standard InChI is InChI=1S/C14H21NO4/c1-13(2,3)8-15-10-9(11(16)17)6-5-7-14(10,4)12(18)19/h5-7,10,15H,8H2,1-4H3,(H,16,17)(H,18,19). The van der Waals surface area contributed by atoms with Crippen LogP contribution in [0.3, 0.4) is 0 Å². The average molecular weight is 267 g/mol. The van der Waals surface area contributed by atoms with Gasteiger partial charge in [0, 0.05) is 6.54 Å². The summed E-state index contributed by atoms with van der Waals surface area (Å²) in [6, 6.07) is -0.744. The van der Waals surface area contributed by atoms with Gasteiger partial charge in [-0.25, -0.2) is 4.79 Å². The maximum atomic E-state index is 11.5. The van der Waals surface area contributed by atoms with Crippen LogP contribution in [0, 0.1) is 10.8 Å². The number of aliphatic carboxylic acids is 2. The third kappa shape index (κ3) is 3.44. The van der Waals surface area contributed by atoms with E-state index < -0.39 is 23.4 Å². The minimum absolute atomic E-state index is 0.0653. The van der Waals surface area contributed by atoms with E-state index in [9.17, 15) is 19.8 Å². The summed E-state index contributed by atoms with van der Waals surface area (Å²) in [6.07, 6.45) is 4.47. The van der Waals surface area contributed by atoms with Gasteiger partial charge in [-0.15, -0.1) is 0 Å². The molecule has 5 heteroatoms. The normalized spacial score (nSPS) is 26.9. The van der Waals surface area contributed by atoms with Crippen molar-refractivity contribution in [1.82, 2.24) is 5.32 Å². The van der Waals surface area contributed by atoms with Gasteiger partial charge in [-0.1, -0.05) is 39.0 Å². The summed E-state index contributed by atoms with van der Waals surface area (Å²) in [5.41, 5.74) is -1.24. The first-order valence-electron chi connectivity index (χ1n) is 6.17. The van der Waals surface area contributed by atoms with Crippen LogP contribution in [0.1, 0.15) is 27.7 Å². The molecule has 106 valence electrons. The Morgan fingerprint density at radius 1 is 1.37 bits per heavy atom. The molecule has 0 aromatic carbocycles. The smallest absolute Gasteiger partial charge is 0.333 e. The number of allylic oxidation sites excluding steroid dienone is 2. The quantitative estimate of drug-likeness (QED) is 0.721. The van der Waals surface area contributed by atoms with Crippen molar-refractivity contribution < 1.29 is 19.8 Å². The fourth-order valence-corrected chi connectivity index (χ4v) is 1.99. The lowest BCUT2D eigenvalue weighted by Crippen LogP contribution is -2.52. The number of rotatable bonds is 4. The van der Waals surface area contributed by atoms with Crippen molar-refractivity contribution in [3.05, 3.63) is 23.8 Å². The number of hydrogen-bond donors (Lipinski definition) is 3. The van der Waals surface area contributed by atoms with E-state index >= 15 is 0 Å². The summed E-state index contributed by atoms with van der Waals surface area (Å²) in [7, 11) is 0. The highest BCUT2D eigenvalue weighted by atomic mass is 16.4. The van der Waals surface area contributed by atoms with Gasteiger partial charge in [-0.3, -0.25) is 4.79 Å². The van der Waals surface area contributed by atoms with Gasteiger partial charge in [-0.2, -0.15) is 0 Å². The summed E-state index contributed by atoms with van der Waals surface area (Å²) in [5.74, 6) is -2.13. The number of nitrogens with one attached hydrogen (secondary N) is 1. The van der Waals surface area contributed by atoms with Crippen LogP contribution in [-0.2, 0) is 9.59 Å². The van der Waals surface area contributed by atoms with Crippen LogP contribution in [0.4, 0.5) is 0 Å². The number of hydrogen-bond acceptors (Lipinski definition) is 3. The van der Waals surface area contributed by atoms with Gasteiger partial charge in [0.15, 0.2) is 0 Å². The molecule has 3 N–H and O–H groups in total. The molecule has 2 unspecified atom stereocenters. The van der Waals surface area contributed by atoms with Crippen molar-refractivity contribution in [1.29, 1.82) is 0 Å². The molecule has 0 spiro atoms. The zero-order valence-electron chi connectivity index (χ0n) is 11.7. The second-order valence-corrected chi connectivity index (χ2v) is 6.25. The van der Waals surface area contributed by atoms with E-state index in [2.05, 4.69) is 5.32 Å². The Labute approximate surface area is 113 Å². The highest BCUT2D eigenvalue weighted by molar-refractivity contribution is 5.92. The van der Waals surface area contributed by atoms with Gasteiger partial charge in [0.25, 0.3) is 0 Å². The number of carboxylic acid groups (broad SMARTS) is 2. The topological polar surface area (TPSA) is 86.6 Å². The van der Waals surface area contributed by atoms with Crippen molar-refractivity contribution in [2.24, 2.45) is 10.8 Å². The Morgan fingerprint density at radius 3 is 2.37 bits per heavy atom. The molecule has 0 saturated heterocycles. The van der Waals surface area contributed by atoms with E-state index in [1.807, 2.05) is 20.8 Å².